The van der Waals surface area contributed by atoms with Gasteiger partial charge in [-0.05, 0) is 0 Å². The van der Waals surface area contributed by atoms with E-state index in [1.54, 1.807) is 0 Å². The molecule has 0 heterocycles. The van der Waals surface area contributed by atoms with Crippen LogP contribution in [0.4, 0.5) is 0 Å². The zero-order valence-electron chi connectivity index (χ0n) is 5.24. The normalized spacial score (nSPS) is 9.18. The molecule has 0 spiro atoms. The molecule has 72 valence electrons. The van der Waals surface area contributed by atoms with Crippen LogP contribution in [0, 0.1) is 0 Å². The second-order valence-corrected chi connectivity index (χ2v) is 3.57. The first-order valence-corrected chi connectivity index (χ1v) is 4.60. The molecule has 0 aliphatic heterocycles. The molecule has 0 radical (unpaired) electrons. The van der Waals surface area contributed by atoms with E-state index in [9.17, 15) is 0 Å². The van der Waals surface area contributed by atoms with Gasteiger partial charge in [0.05, 0.1) is 0 Å². The summed E-state index contributed by atoms with van der Waals surface area (Å²) in [6.07, 6.45) is 0. The number of phosphoric acid groups is 1. The first-order chi connectivity index (χ1) is 4.73. The van der Waals surface area contributed by atoms with Crippen molar-refractivity contribution in [3.05, 3.63) is 0 Å². The van der Waals surface area contributed by atoms with Gasteiger partial charge in [-0.1, -0.05) is 34.8 Å². The SMILES string of the molecule is CO.ClC(Cl)Cl.O=P([O-])([O-])[O-]. The molecule has 0 amide bonds. The van der Waals surface area contributed by atoms with E-state index >= 15 is 0 Å². The molecule has 9 heteroatoms. The number of alkyl halides is 3. The van der Waals surface area contributed by atoms with Gasteiger partial charge in [0.15, 0.2) is 4.30 Å². The van der Waals surface area contributed by atoms with Crippen molar-refractivity contribution in [2.24, 2.45) is 0 Å². The van der Waals surface area contributed by atoms with Crippen LogP contribution in [0.2, 0.25) is 0 Å². The lowest BCUT2D eigenvalue weighted by Gasteiger charge is -2.36. The largest absolute Gasteiger partial charge is 0.822 e. The van der Waals surface area contributed by atoms with Crippen molar-refractivity contribution < 1.29 is 24.4 Å². The number of aliphatic hydroxyl groups is 1. The second kappa shape index (κ2) is 10.9. The third kappa shape index (κ3) is 990. The van der Waals surface area contributed by atoms with E-state index in [0.717, 1.165) is 7.11 Å². The highest BCUT2D eigenvalue weighted by Crippen LogP contribution is 2.03. The highest BCUT2D eigenvalue weighted by molar-refractivity contribution is 7.40. The molecule has 11 heavy (non-hydrogen) atoms. The highest BCUT2D eigenvalue weighted by Gasteiger charge is 1.78. The van der Waals surface area contributed by atoms with E-state index in [4.69, 9.17) is 59.2 Å². The lowest BCUT2D eigenvalue weighted by Crippen LogP contribution is -2.24. The fourth-order valence-electron chi connectivity index (χ4n) is 0. The summed E-state index contributed by atoms with van der Waals surface area (Å²) < 4.78 is 7.80. The van der Waals surface area contributed by atoms with E-state index < -0.39 is 12.1 Å². The standard InChI is InChI=1S/CHCl3.CH4O.H3O4P/c2-1(3)4;1-2;1-5(2,3)4/h1H;2H,1H3;(H3,1,2,3,4)/p-3. The molecule has 0 saturated heterocycles. The lowest BCUT2D eigenvalue weighted by molar-refractivity contribution is -0.432. The number of halogens is 3. The summed E-state index contributed by atoms with van der Waals surface area (Å²) in [5, 5.41) is 7.00. The number of aliphatic hydroxyl groups excluding tert-OH is 1. The van der Waals surface area contributed by atoms with Crippen LogP contribution in [0.3, 0.4) is 0 Å². The minimum atomic E-state index is -5.39. The van der Waals surface area contributed by atoms with Gasteiger partial charge >= 0.3 is 0 Å². The van der Waals surface area contributed by atoms with Gasteiger partial charge in [-0.25, -0.2) is 0 Å². The van der Waals surface area contributed by atoms with Crippen molar-refractivity contribution in [2.45, 2.75) is 4.30 Å². The number of hydrogen-bond donors (Lipinski definition) is 1. The summed E-state index contributed by atoms with van der Waals surface area (Å²) in [5.74, 6) is 0. The Balaban J connectivity index is -0.0000000965. The van der Waals surface area contributed by atoms with E-state index in [2.05, 4.69) is 0 Å². The van der Waals surface area contributed by atoms with Crippen molar-refractivity contribution in [2.75, 3.05) is 7.11 Å². The first kappa shape index (κ1) is 17.9. The molecular formula is C2H5Cl3O5P-3. The smallest absolute Gasteiger partial charge is 0.180 e. The fraction of sp³-hybridized carbons (Fsp3) is 1.00. The molecule has 0 bridgehead atoms. The number of hydrogen-bond acceptors (Lipinski definition) is 5. The van der Waals surface area contributed by atoms with Gasteiger partial charge in [-0.2, -0.15) is 7.82 Å². The third-order valence-electron chi connectivity index (χ3n) is 0. The van der Waals surface area contributed by atoms with Crippen LogP contribution in [0.25, 0.3) is 0 Å². The summed E-state index contributed by atoms with van der Waals surface area (Å²) in [6.45, 7) is 0. The van der Waals surface area contributed by atoms with Gasteiger partial charge < -0.3 is 24.4 Å². The van der Waals surface area contributed by atoms with Crippen LogP contribution in [0.15, 0.2) is 0 Å². The molecule has 0 unspecified atom stereocenters. The van der Waals surface area contributed by atoms with Crippen molar-refractivity contribution in [1.82, 2.24) is 0 Å². The summed E-state index contributed by atoms with van der Waals surface area (Å²) in [7, 11) is -4.39. The molecule has 1 N–H and O–H groups in total. The summed E-state index contributed by atoms with van der Waals surface area (Å²) in [4.78, 5) is 25.6. The molecule has 0 rings (SSSR count). The Morgan fingerprint density at radius 1 is 1.18 bits per heavy atom. The van der Waals surface area contributed by atoms with Crippen LogP contribution in [0.5, 0.6) is 0 Å². The van der Waals surface area contributed by atoms with Crippen molar-refractivity contribution in [1.29, 1.82) is 0 Å². The fourth-order valence-corrected chi connectivity index (χ4v) is 0. The monoisotopic (exact) mass is 245 g/mol. The average Bonchev–Trinajstić information content (AvgIpc) is 1.63. The predicted octanol–water partition coefficient (Wildman–Crippen LogP) is -1.23. The van der Waals surface area contributed by atoms with Crippen molar-refractivity contribution in [3.63, 3.8) is 0 Å². The van der Waals surface area contributed by atoms with Gasteiger partial charge in [0.1, 0.15) is 0 Å². The molecule has 0 aromatic heterocycles. The Morgan fingerprint density at radius 3 is 1.18 bits per heavy atom. The Kier molecular flexibility index (Phi) is 17.8. The Bertz CT molecular complexity index is 90.9. The van der Waals surface area contributed by atoms with Gasteiger partial charge in [0.25, 0.3) is 0 Å². The Morgan fingerprint density at radius 2 is 1.18 bits per heavy atom. The molecule has 0 aromatic carbocycles. The van der Waals surface area contributed by atoms with Crippen LogP contribution in [-0.4, -0.2) is 16.5 Å². The van der Waals surface area contributed by atoms with Crippen LogP contribution in [-0.2, 0) is 4.57 Å². The molecule has 0 aromatic rings. The Hall–Kier alpha value is 0.940. The van der Waals surface area contributed by atoms with Gasteiger partial charge in [-0.3, -0.25) is 0 Å². The van der Waals surface area contributed by atoms with E-state index in [1.165, 1.54) is 0 Å². The summed E-state index contributed by atoms with van der Waals surface area (Å²) >= 11 is 14.4. The number of rotatable bonds is 0. The minimum Gasteiger partial charge on any atom is -0.822 e. The molecule has 5 nitrogen and oxygen atoms in total. The molecule has 0 aliphatic rings. The van der Waals surface area contributed by atoms with E-state index in [0.29, 0.717) is 0 Å². The van der Waals surface area contributed by atoms with E-state index in [-0.39, 0.29) is 0 Å². The maximum Gasteiger partial charge on any atom is 0.180 e. The first-order valence-electron chi connectivity index (χ1n) is 1.83. The van der Waals surface area contributed by atoms with Crippen LogP contribution in [0.1, 0.15) is 0 Å². The quantitative estimate of drug-likeness (QED) is 0.425. The topological polar surface area (TPSA) is 106 Å². The zero-order chi connectivity index (χ0) is 10.1. The van der Waals surface area contributed by atoms with Crippen molar-refractivity contribution >= 4 is 42.6 Å². The average molecular weight is 246 g/mol. The lowest BCUT2D eigenvalue weighted by atomic mass is 11.8. The highest BCUT2D eigenvalue weighted by atomic mass is 35.6. The zero-order valence-corrected chi connectivity index (χ0v) is 8.40. The maximum atomic E-state index is 8.55. The minimum absolute atomic E-state index is 0.750. The molecule has 0 fully saturated rings. The van der Waals surface area contributed by atoms with Crippen molar-refractivity contribution in [3.8, 4) is 0 Å². The van der Waals surface area contributed by atoms with Crippen LogP contribution < -0.4 is 14.7 Å². The summed E-state index contributed by atoms with van der Waals surface area (Å²) in [6, 6.07) is 0. The third-order valence-corrected chi connectivity index (χ3v) is 0. The second-order valence-electron chi connectivity index (χ2n) is 0.695. The van der Waals surface area contributed by atoms with E-state index in [1.807, 2.05) is 0 Å². The molecule has 0 saturated carbocycles. The van der Waals surface area contributed by atoms with Gasteiger partial charge in [0.2, 0.25) is 0 Å². The van der Waals surface area contributed by atoms with Gasteiger partial charge in [0, 0.05) is 7.11 Å². The molecular weight excluding hydrogens is 241 g/mol. The molecule has 0 aliphatic carbocycles. The maximum absolute atomic E-state index is 8.55. The van der Waals surface area contributed by atoms with Crippen LogP contribution >= 0.6 is 42.6 Å². The predicted molar refractivity (Wildman–Crippen MR) is 37.1 cm³/mol. The van der Waals surface area contributed by atoms with Gasteiger partial charge in [-0.15, -0.1) is 0 Å². The summed E-state index contributed by atoms with van der Waals surface area (Å²) in [5.41, 5.74) is 0. The Labute approximate surface area is 78.8 Å². The molecule has 0 atom stereocenters.